The molecule has 0 bridgehead atoms. The van der Waals surface area contributed by atoms with Crippen LogP contribution in [0.1, 0.15) is 41.1 Å². The van der Waals surface area contributed by atoms with Crippen LogP contribution < -0.4 is 5.56 Å². The molecule has 1 aromatic carbocycles. The topological polar surface area (TPSA) is 45.8 Å². The van der Waals surface area contributed by atoms with E-state index in [-0.39, 0.29) is 11.5 Å². The van der Waals surface area contributed by atoms with Gasteiger partial charge in [0.15, 0.2) is 0 Å². The van der Waals surface area contributed by atoms with Crippen LogP contribution in [-0.4, -0.2) is 9.97 Å². The Morgan fingerprint density at radius 1 is 1.39 bits per heavy atom. The van der Waals surface area contributed by atoms with Gasteiger partial charge < -0.3 is 4.98 Å². The van der Waals surface area contributed by atoms with Crippen LogP contribution >= 0.6 is 0 Å². The number of hydrogen-bond donors (Lipinski definition) is 1. The second-order valence-corrected chi connectivity index (χ2v) is 4.82. The minimum absolute atomic E-state index is 0.0179. The predicted octanol–water partition coefficient (Wildman–Crippen LogP) is 2.33. The zero-order valence-corrected chi connectivity index (χ0v) is 10.7. The van der Waals surface area contributed by atoms with E-state index < -0.39 is 0 Å². The zero-order chi connectivity index (χ0) is 12.7. The van der Waals surface area contributed by atoms with Gasteiger partial charge in [0.25, 0.3) is 5.56 Å². The van der Waals surface area contributed by atoms with Gasteiger partial charge in [0.2, 0.25) is 0 Å². The molecule has 0 amide bonds. The van der Waals surface area contributed by atoms with Crippen molar-refractivity contribution in [1.29, 1.82) is 0 Å². The Balaban J connectivity index is 2.04. The summed E-state index contributed by atoms with van der Waals surface area (Å²) in [6.45, 7) is 3.90. The average Bonchev–Trinajstić information content (AvgIpc) is 2.30. The summed E-state index contributed by atoms with van der Waals surface area (Å²) in [6.07, 6.45) is 1.71. The van der Waals surface area contributed by atoms with E-state index in [9.17, 15) is 4.79 Å². The Morgan fingerprint density at radius 3 is 2.83 bits per heavy atom. The fraction of sp³-hybridized carbons (Fsp3) is 0.333. The van der Waals surface area contributed by atoms with Crippen molar-refractivity contribution >= 4 is 0 Å². The number of H-pyrrole nitrogens is 1. The first kappa shape index (κ1) is 11.2. The molecular formula is C15H16N2O. The molecule has 1 atom stereocenters. The first-order valence-corrected chi connectivity index (χ1v) is 6.38. The van der Waals surface area contributed by atoms with Gasteiger partial charge >= 0.3 is 0 Å². The van der Waals surface area contributed by atoms with Gasteiger partial charge in [-0.25, -0.2) is 4.98 Å². The standard InChI is InChI=1S/C15H16N2O/c1-3-11-9(2)16-14(17-15(11)18)13-8-10-6-4-5-7-12(10)13/h4-7,13H,3,8H2,1-2H3,(H,16,17,18). The lowest BCUT2D eigenvalue weighted by atomic mass is 9.77. The SMILES string of the molecule is CCc1c(C)nc(C2Cc3ccccc32)[nH]c1=O. The number of rotatable bonds is 2. The van der Waals surface area contributed by atoms with E-state index in [1.165, 1.54) is 11.1 Å². The van der Waals surface area contributed by atoms with Crippen LogP contribution in [0.2, 0.25) is 0 Å². The second-order valence-electron chi connectivity index (χ2n) is 4.82. The normalized spacial score (nSPS) is 17.1. The lowest BCUT2D eigenvalue weighted by molar-refractivity contribution is 0.649. The molecule has 0 aliphatic heterocycles. The Kier molecular flexibility index (Phi) is 2.54. The van der Waals surface area contributed by atoms with Crippen molar-refractivity contribution in [2.75, 3.05) is 0 Å². The Bertz CT molecular complexity index is 658. The van der Waals surface area contributed by atoms with Gasteiger partial charge in [-0.3, -0.25) is 4.79 Å². The number of nitrogens with zero attached hydrogens (tertiary/aromatic N) is 1. The molecule has 1 aliphatic rings. The summed E-state index contributed by atoms with van der Waals surface area (Å²) in [5, 5.41) is 0. The third kappa shape index (κ3) is 1.58. The van der Waals surface area contributed by atoms with Crippen molar-refractivity contribution in [3.05, 3.63) is 62.8 Å². The van der Waals surface area contributed by atoms with Crippen LogP contribution in [0.5, 0.6) is 0 Å². The highest BCUT2D eigenvalue weighted by Gasteiger charge is 2.29. The number of aromatic nitrogens is 2. The number of benzene rings is 1. The highest BCUT2D eigenvalue weighted by molar-refractivity contribution is 5.44. The van der Waals surface area contributed by atoms with Crippen molar-refractivity contribution < 1.29 is 0 Å². The molecule has 0 spiro atoms. The zero-order valence-electron chi connectivity index (χ0n) is 10.7. The van der Waals surface area contributed by atoms with Crippen LogP contribution in [0, 0.1) is 6.92 Å². The molecule has 0 fully saturated rings. The summed E-state index contributed by atoms with van der Waals surface area (Å²) in [7, 11) is 0. The summed E-state index contributed by atoms with van der Waals surface area (Å²) in [5.41, 5.74) is 4.34. The predicted molar refractivity (Wildman–Crippen MR) is 71.0 cm³/mol. The Labute approximate surface area is 106 Å². The summed E-state index contributed by atoms with van der Waals surface area (Å²) in [6, 6.07) is 8.34. The highest BCUT2D eigenvalue weighted by atomic mass is 16.1. The van der Waals surface area contributed by atoms with Gasteiger partial charge in [-0.05, 0) is 30.9 Å². The van der Waals surface area contributed by atoms with Crippen LogP contribution in [0.25, 0.3) is 0 Å². The maximum Gasteiger partial charge on any atom is 0.254 e. The smallest absolute Gasteiger partial charge is 0.254 e. The number of hydrogen-bond acceptors (Lipinski definition) is 2. The van der Waals surface area contributed by atoms with E-state index in [1.807, 2.05) is 19.9 Å². The maximum absolute atomic E-state index is 12.0. The Morgan fingerprint density at radius 2 is 2.17 bits per heavy atom. The van der Waals surface area contributed by atoms with Crippen molar-refractivity contribution in [3.8, 4) is 0 Å². The number of nitrogens with one attached hydrogen (secondary N) is 1. The van der Waals surface area contributed by atoms with Crippen LogP contribution in [0.15, 0.2) is 29.1 Å². The lowest BCUT2D eigenvalue weighted by Crippen LogP contribution is -2.26. The molecule has 0 saturated heterocycles. The lowest BCUT2D eigenvalue weighted by Gasteiger charge is -2.29. The summed E-state index contributed by atoms with van der Waals surface area (Å²) in [5.74, 6) is 1.08. The van der Waals surface area contributed by atoms with E-state index in [1.54, 1.807) is 0 Å². The third-order valence-corrected chi connectivity index (χ3v) is 3.78. The van der Waals surface area contributed by atoms with Gasteiger partial charge in [0, 0.05) is 17.2 Å². The highest BCUT2D eigenvalue weighted by Crippen LogP contribution is 2.37. The molecule has 0 saturated carbocycles. The van der Waals surface area contributed by atoms with Crippen LogP contribution in [0.3, 0.4) is 0 Å². The van der Waals surface area contributed by atoms with Gasteiger partial charge in [0.1, 0.15) is 5.82 Å². The van der Waals surface area contributed by atoms with E-state index >= 15 is 0 Å². The number of fused-ring (bicyclic) bond motifs is 1. The van der Waals surface area contributed by atoms with Gasteiger partial charge in [0.05, 0.1) is 0 Å². The molecule has 2 aromatic rings. The van der Waals surface area contributed by atoms with Crippen molar-refractivity contribution in [1.82, 2.24) is 9.97 Å². The molecule has 1 aromatic heterocycles. The molecule has 92 valence electrons. The molecule has 0 radical (unpaired) electrons. The Hall–Kier alpha value is -1.90. The molecule has 1 unspecified atom stereocenters. The first-order chi connectivity index (χ1) is 8.70. The van der Waals surface area contributed by atoms with Crippen molar-refractivity contribution in [3.63, 3.8) is 0 Å². The van der Waals surface area contributed by atoms with E-state index in [0.717, 1.165) is 29.9 Å². The van der Waals surface area contributed by atoms with Gasteiger partial charge in [-0.15, -0.1) is 0 Å². The minimum atomic E-state index is 0.0179. The molecule has 18 heavy (non-hydrogen) atoms. The molecular weight excluding hydrogens is 224 g/mol. The molecule has 1 aliphatic carbocycles. The largest absolute Gasteiger partial charge is 0.310 e. The molecule has 3 nitrogen and oxygen atoms in total. The van der Waals surface area contributed by atoms with Crippen LogP contribution in [0.4, 0.5) is 0 Å². The summed E-state index contributed by atoms with van der Waals surface area (Å²) >= 11 is 0. The third-order valence-electron chi connectivity index (χ3n) is 3.78. The molecule has 3 rings (SSSR count). The van der Waals surface area contributed by atoms with Crippen molar-refractivity contribution in [2.24, 2.45) is 0 Å². The molecule has 1 N–H and O–H groups in total. The van der Waals surface area contributed by atoms with Crippen LogP contribution in [-0.2, 0) is 12.8 Å². The monoisotopic (exact) mass is 240 g/mol. The minimum Gasteiger partial charge on any atom is -0.310 e. The number of aromatic amines is 1. The number of aryl methyl sites for hydroxylation is 1. The van der Waals surface area contributed by atoms with Crippen molar-refractivity contribution in [2.45, 2.75) is 32.6 Å². The fourth-order valence-electron chi connectivity index (χ4n) is 2.72. The fourth-order valence-corrected chi connectivity index (χ4v) is 2.72. The van der Waals surface area contributed by atoms with E-state index in [2.05, 4.69) is 28.2 Å². The maximum atomic E-state index is 12.0. The van der Waals surface area contributed by atoms with E-state index in [4.69, 9.17) is 0 Å². The molecule has 1 heterocycles. The van der Waals surface area contributed by atoms with E-state index in [0.29, 0.717) is 0 Å². The second kappa shape index (κ2) is 4.09. The first-order valence-electron chi connectivity index (χ1n) is 6.38. The average molecular weight is 240 g/mol. The quantitative estimate of drug-likeness (QED) is 0.875. The molecule has 3 heteroatoms. The summed E-state index contributed by atoms with van der Waals surface area (Å²) < 4.78 is 0. The summed E-state index contributed by atoms with van der Waals surface area (Å²) in [4.78, 5) is 19.5. The van der Waals surface area contributed by atoms with Gasteiger partial charge in [-0.1, -0.05) is 31.2 Å². The van der Waals surface area contributed by atoms with Gasteiger partial charge in [-0.2, -0.15) is 0 Å².